The zero-order chi connectivity index (χ0) is 13.1. The van der Waals surface area contributed by atoms with E-state index >= 15 is 0 Å². The quantitative estimate of drug-likeness (QED) is 0.811. The van der Waals surface area contributed by atoms with E-state index in [9.17, 15) is 9.90 Å². The first kappa shape index (κ1) is 13.1. The zero-order valence-electron chi connectivity index (χ0n) is 10.9. The normalized spacial score (nSPS) is 24.0. The zero-order valence-corrected chi connectivity index (χ0v) is 10.9. The largest absolute Gasteiger partial charge is 0.469 e. The molecule has 18 heavy (non-hydrogen) atoms. The Balaban J connectivity index is 1.82. The Morgan fingerprint density at radius 3 is 2.94 bits per heavy atom. The van der Waals surface area contributed by atoms with Gasteiger partial charge >= 0.3 is 0 Å². The van der Waals surface area contributed by atoms with E-state index in [4.69, 9.17) is 4.42 Å². The molecule has 2 rings (SSSR count). The molecule has 0 spiro atoms. The molecule has 2 N–H and O–H groups in total. The lowest BCUT2D eigenvalue weighted by molar-refractivity contribution is -0.123. The minimum Gasteiger partial charge on any atom is -0.469 e. The molecule has 0 saturated heterocycles. The van der Waals surface area contributed by atoms with Crippen molar-refractivity contribution in [3.05, 3.63) is 24.2 Å². The van der Waals surface area contributed by atoms with Crippen LogP contribution in [-0.2, 0) is 4.79 Å². The first-order chi connectivity index (χ1) is 8.61. The maximum Gasteiger partial charge on any atom is 0.224 e. The highest BCUT2D eigenvalue weighted by atomic mass is 16.3. The van der Waals surface area contributed by atoms with Crippen molar-refractivity contribution in [1.82, 2.24) is 5.32 Å². The van der Waals surface area contributed by atoms with Gasteiger partial charge in [0.2, 0.25) is 5.91 Å². The molecule has 0 radical (unpaired) electrons. The summed E-state index contributed by atoms with van der Waals surface area (Å²) >= 11 is 0. The molecule has 1 aromatic rings. The van der Waals surface area contributed by atoms with Gasteiger partial charge in [0.15, 0.2) is 0 Å². The molecule has 1 saturated carbocycles. The van der Waals surface area contributed by atoms with E-state index in [1.165, 1.54) is 0 Å². The molecule has 0 aliphatic heterocycles. The number of hydrogen-bond acceptors (Lipinski definition) is 3. The van der Waals surface area contributed by atoms with Gasteiger partial charge in [-0.2, -0.15) is 0 Å². The number of carbonyl (C=O) groups excluding carboxylic acids is 1. The summed E-state index contributed by atoms with van der Waals surface area (Å²) in [5.74, 6) is 1.62. The molecule has 1 amide bonds. The second kappa shape index (κ2) is 5.57. The van der Waals surface area contributed by atoms with Gasteiger partial charge in [-0.3, -0.25) is 4.79 Å². The average molecular weight is 251 g/mol. The fourth-order valence-electron chi connectivity index (χ4n) is 2.36. The second-order valence-electron chi connectivity index (χ2n) is 5.48. The molecular formula is C14H21NO3. The van der Waals surface area contributed by atoms with E-state index in [1.807, 2.05) is 12.1 Å². The molecule has 1 aliphatic carbocycles. The Labute approximate surface area is 107 Å². The van der Waals surface area contributed by atoms with E-state index in [2.05, 4.69) is 19.2 Å². The highest BCUT2D eigenvalue weighted by Gasteiger charge is 2.46. The van der Waals surface area contributed by atoms with Crippen LogP contribution in [0.2, 0.25) is 0 Å². The van der Waals surface area contributed by atoms with Gasteiger partial charge in [0.05, 0.1) is 18.9 Å². The highest BCUT2D eigenvalue weighted by Crippen LogP contribution is 2.47. The summed E-state index contributed by atoms with van der Waals surface area (Å²) in [6, 6.07) is 3.63. The van der Waals surface area contributed by atoms with Crippen molar-refractivity contribution in [2.45, 2.75) is 38.6 Å². The number of carbonyl (C=O) groups is 1. The highest BCUT2D eigenvalue weighted by molar-refractivity contribution is 5.82. The molecule has 1 fully saturated rings. The van der Waals surface area contributed by atoms with Crippen LogP contribution in [0, 0.1) is 11.8 Å². The van der Waals surface area contributed by atoms with Crippen molar-refractivity contribution in [1.29, 1.82) is 0 Å². The first-order valence-electron chi connectivity index (χ1n) is 6.56. The molecule has 1 aromatic heterocycles. The molecule has 3 atom stereocenters. The molecule has 1 heterocycles. The fraction of sp³-hybridized carbons (Fsp3) is 0.643. The standard InChI is InChI=1S/C14H21NO3/c1-9(2)6-10(8-16)15-14(17)12-7-11(12)13-4-3-5-18-13/h3-5,9-12,16H,6-8H2,1-2H3,(H,15,17). The van der Waals surface area contributed by atoms with Gasteiger partial charge in [0.25, 0.3) is 0 Å². The fourth-order valence-corrected chi connectivity index (χ4v) is 2.36. The molecule has 4 heteroatoms. The van der Waals surface area contributed by atoms with Crippen LogP contribution in [0.3, 0.4) is 0 Å². The maximum atomic E-state index is 12.0. The van der Waals surface area contributed by atoms with Gasteiger partial charge in [-0.1, -0.05) is 13.8 Å². The Morgan fingerprint density at radius 2 is 2.39 bits per heavy atom. The molecule has 0 aromatic carbocycles. The van der Waals surface area contributed by atoms with Gasteiger partial charge in [-0.15, -0.1) is 0 Å². The Morgan fingerprint density at radius 1 is 1.61 bits per heavy atom. The van der Waals surface area contributed by atoms with Crippen LogP contribution in [0.25, 0.3) is 0 Å². The Hall–Kier alpha value is -1.29. The lowest BCUT2D eigenvalue weighted by Gasteiger charge is -2.18. The SMILES string of the molecule is CC(C)CC(CO)NC(=O)C1CC1c1ccco1. The molecule has 0 bridgehead atoms. The van der Waals surface area contributed by atoms with Crippen molar-refractivity contribution in [2.24, 2.45) is 11.8 Å². The number of aliphatic hydroxyl groups excluding tert-OH is 1. The summed E-state index contributed by atoms with van der Waals surface area (Å²) < 4.78 is 5.30. The van der Waals surface area contributed by atoms with E-state index < -0.39 is 0 Å². The molecule has 4 nitrogen and oxygen atoms in total. The lowest BCUT2D eigenvalue weighted by atomic mass is 10.0. The predicted octanol–water partition coefficient (Wildman–Crippen LogP) is 1.91. The summed E-state index contributed by atoms with van der Waals surface area (Å²) in [4.78, 5) is 12.0. The first-order valence-corrected chi connectivity index (χ1v) is 6.56. The van der Waals surface area contributed by atoms with Crippen LogP contribution >= 0.6 is 0 Å². The van der Waals surface area contributed by atoms with E-state index in [-0.39, 0.29) is 30.4 Å². The van der Waals surface area contributed by atoms with Gasteiger partial charge in [0, 0.05) is 11.8 Å². The van der Waals surface area contributed by atoms with E-state index in [1.54, 1.807) is 6.26 Å². The molecule has 3 unspecified atom stereocenters. The number of rotatable bonds is 6. The van der Waals surface area contributed by atoms with Gasteiger partial charge < -0.3 is 14.8 Å². The van der Waals surface area contributed by atoms with E-state index in [0.717, 1.165) is 18.6 Å². The van der Waals surface area contributed by atoms with Gasteiger partial charge in [-0.25, -0.2) is 0 Å². The number of hydrogen-bond donors (Lipinski definition) is 2. The molecule has 1 aliphatic rings. The van der Waals surface area contributed by atoms with Gasteiger partial charge in [-0.05, 0) is 30.9 Å². The van der Waals surface area contributed by atoms with Crippen molar-refractivity contribution >= 4 is 5.91 Å². The number of aliphatic hydroxyl groups is 1. The molecular weight excluding hydrogens is 230 g/mol. The number of furan rings is 1. The van der Waals surface area contributed by atoms with Crippen LogP contribution in [0.1, 0.15) is 38.4 Å². The van der Waals surface area contributed by atoms with Crippen molar-refractivity contribution in [3.63, 3.8) is 0 Å². The maximum absolute atomic E-state index is 12.0. The third-order valence-electron chi connectivity index (χ3n) is 3.36. The lowest BCUT2D eigenvalue weighted by Crippen LogP contribution is -2.39. The third kappa shape index (κ3) is 3.13. The molecule has 100 valence electrons. The summed E-state index contributed by atoms with van der Waals surface area (Å²) in [7, 11) is 0. The summed E-state index contributed by atoms with van der Waals surface area (Å²) in [6.07, 6.45) is 3.29. The van der Waals surface area contributed by atoms with Crippen LogP contribution in [0.4, 0.5) is 0 Å². The summed E-state index contributed by atoms with van der Waals surface area (Å²) in [5, 5.41) is 12.2. The van der Waals surface area contributed by atoms with Crippen LogP contribution in [0.5, 0.6) is 0 Å². The monoisotopic (exact) mass is 251 g/mol. The second-order valence-corrected chi connectivity index (χ2v) is 5.48. The minimum atomic E-state index is -0.129. The number of nitrogens with one attached hydrogen (secondary N) is 1. The smallest absolute Gasteiger partial charge is 0.224 e. The third-order valence-corrected chi connectivity index (χ3v) is 3.36. The Kier molecular flexibility index (Phi) is 4.07. The Bertz CT molecular complexity index is 386. The van der Waals surface area contributed by atoms with Crippen LogP contribution in [-0.4, -0.2) is 23.7 Å². The van der Waals surface area contributed by atoms with Crippen molar-refractivity contribution < 1.29 is 14.3 Å². The topological polar surface area (TPSA) is 62.5 Å². The average Bonchev–Trinajstić information content (AvgIpc) is 2.94. The number of amides is 1. The minimum absolute atomic E-state index is 0.00204. The van der Waals surface area contributed by atoms with Crippen molar-refractivity contribution in [2.75, 3.05) is 6.61 Å². The van der Waals surface area contributed by atoms with Gasteiger partial charge in [0.1, 0.15) is 5.76 Å². The predicted molar refractivity (Wildman–Crippen MR) is 68.0 cm³/mol. The van der Waals surface area contributed by atoms with Crippen LogP contribution < -0.4 is 5.32 Å². The van der Waals surface area contributed by atoms with Crippen LogP contribution in [0.15, 0.2) is 22.8 Å². The van der Waals surface area contributed by atoms with Crippen molar-refractivity contribution in [3.8, 4) is 0 Å². The van der Waals surface area contributed by atoms with E-state index in [0.29, 0.717) is 5.92 Å². The summed E-state index contributed by atoms with van der Waals surface area (Å²) in [5.41, 5.74) is 0. The summed E-state index contributed by atoms with van der Waals surface area (Å²) in [6.45, 7) is 4.16.